The zero-order valence-corrected chi connectivity index (χ0v) is 11.1. The third-order valence-corrected chi connectivity index (χ3v) is 5.38. The third-order valence-electron chi connectivity index (χ3n) is 3.84. The van der Waals surface area contributed by atoms with Crippen LogP contribution in [0.1, 0.15) is 33.1 Å². The van der Waals surface area contributed by atoms with E-state index in [-0.39, 0.29) is 16.1 Å². The monoisotopic (exact) mass is 242 g/mol. The normalized spacial score (nSPS) is 38.9. The van der Waals surface area contributed by atoms with Gasteiger partial charge in [-0.15, -0.1) is 0 Å². The summed E-state index contributed by atoms with van der Waals surface area (Å²) in [7, 11) is 0. The predicted molar refractivity (Wildman–Crippen MR) is 68.7 cm³/mol. The average molecular weight is 242 g/mol. The number of rotatable bonds is 3. The fourth-order valence-electron chi connectivity index (χ4n) is 2.47. The van der Waals surface area contributed by atoms with E-state index in [4.69, 9.17) is 0 Å². The lowest BCUT2D eigenvalue weighted by atomic mass is 9.88. The number of amides is 1. The van der Waals surface area contributed by atoms with Crippen LogP contribution in [-0.2, 0) is 4.79 Å². The van der Waals surface area contributed by atoms with Crippen molar-refractivity contribution >= 4 is 17.7 Å². The molecule has 0 saturated carbocycles. The molecular weight excluding hydrogens is 220 g/mol. The van der Waals surface area contributed by atoms with E-state index >= 15 is 0 Å². The predicted octanol–water partition coefficient (Wildman–Crippen LogP) is 1.39. The van der Waals surface area contributed by atoms with Gasteiger partial charge in [-0.05, 0) is 45.4 Å². The summed E-state index contributed by atoms with van der Waals surface area (Å²) in [4.78, 5) is 12.1. The fraction of sp³-hybridized carbons (Fsp3) is 0.917. The van der Waals surface area contributed by atoms with Gasteiger partial charge in [0.15, 0.2) is 0 Å². The topological polar surface area (TPSA) is 41.1 Å². The first-order valence-corrected chi connectivity index (χ1v) is 7.16. The van der Waals surface area contributed by atoms with E-state index in [1.165, 1.54) is 18.6 Å². The number of hydrogen-bond donors (Lipinski definition) is 2. The molecule has 2 rings (SSSR count). The lowest BCUT2D eigenvalue weighted by Gasteiger charge is -2.27. The lowest BCUT2D eigenvalue weighted by Crippen LogP contribution is -2.45. The first-order valence-electron chi connectivity index (χ1n) is 6.17. The van der Waals surface area contributed by atoms with Crippen molar-refractivity contribution in [3.8, 4) is 0 Å². The Hall–Kier alpha value is -0.220. The second kappa shape index (κ2) is 4.57. The van der Waals surface area contributed by atoms with Gasteiger partial charge in [0, 0.05) is 17.8 Å². The molecule has 2 fully saturated rings. The summed E-state index contributed by atoms with van der Waals surface area (Å²) in [5.41, 5.74) is -0.181. The number of nitrogens with one attached hydrogen (secondary N) is 2. The second-order valence-electron chi connectivity index (χ2n) is 5.57. The minimum Gasteiger partial charge on any atom is -0.354 e. The van der Waals surface area contributed by atoms with Crippen molar-refractivity contribution in [2.24, 2.45) is 5.41 Å². The van der Waals surface area contributed by atoms with Gasteiger partial charge in [0.05, 0.1) is 5.41 Å². The SMILES string of the molecule is CC1(CNC(=O)C2(C)CCNC2)CCCS1. The van der Waals surface area contributed by atoms with Gasteiger partial charge in [0.2, 0.25) is 5.91 Å². The van der Waals surface area contributed by atoms with Gasteiger partial charge in [0.1, 0.15) is 0 Å². The van der Waals surface area contributed by atoms with Crippen molar-refractivity contribution < 1.29 is 4.79 Å². The zero-order valence-electron chi connectivity index (χ0n) is 10.3. The van der Waals surface area contributed by atoms with E-state index in [9.17, 15) is 4.79 Å². The molecule has 3 nitrogen and oxygen atoms in total. The summed E-state index contributed by atoms with van der Waals surface area (Å²) in [6.45, 7) is 6.94. The van der Waals surface area contributed by atoms with Crippen LogP contribution in [0.4, 0.5) is 0 Å². The molecule has 2 aliphatic rings. The van der Waals surface area contributed by atoms with Crippen LogP contribution in [0.15, 0.2) is 0 Å². The number of carbonyl (C=O) groups is 1. The summed E-state index contributed by atoms with van der Waals surface area (Å²) in [6.07, 6.45) is 3.48. The molecule has 0 spiro atoms. The van der Waals surface area contributed by atoms with Crippen LogP contribution in [0.5, 0.6) is 0 Å². The minimum absolute atomic E-state index is 0.181. The Labute approximate surface area is 102 Å². The average Bonchev–Trinajstić information content (AvgIpc) is 2.86. The van der Waals surface area contributed by atoms with Crippen LogP contribution < -0.4 is 10.6 Å². The van der Waals surface area contributed by atoms with Gasteiger partial charge in [-0.1, -0.05) is 0 Å². The fourth-order valence-corrected chi connectivity index (χ4v) is 3.71. The Bertz CT molecular complexity index is 268. The highest BCUT2D eigenvalue weighted by Crippen LogP contribution is 2.37. The maximum absolute atomic E-state index is 12.1. The van der Waals surface area contributed by atoms with Crippen LogP contribution in [0, 0.1) is 5.41 Å². The lowest BCUT2D eigenvalue weighted by molar-refractivity contribution is -0.129. The van der Waals surface area contributed by atoms with Crippen LogP contribution in [0.2, 0.25) is 0 Å². The van der Waals surface area contributed by atoms with Gasteiger partial charge in [0.25, 0.3) is 0 Å². The van der Waals surface area contributed by atoms with Gasteiger partial charge in [-0.3, -0.25) is 4.79 Å². The van der Waals surface area contributed by atoms with E-state index in [0.717, 1.165) is 26.1 Å². The van der Waals surface area contributed by atoms with Crippen molar-refractivity contribution in [3.05, 3.63) is 0 Å². The summed E-state index contributed by atoms with van der Waals surface area (Å²) in [6, 6.07) is 0. The highest BCUT2D eigenvalue weighted by Gasteiger charge is 2.38. The standard InChI is InChI=1S/C12H22N2OS/c1-11(5-6-13-8-11)10(15)14-9-12(2)4-3-7-16-12/h13H,3-9H2,1-2H3,(H,14,15). The summed E-state index contributed by atoms with van der Waals surface area (Å²) < 4.78 is 0.276. The van der Waals surface area contributed by atoms with E-state index < -0.39 is 0 Å². The molecule has 0 radical (unpaired) electrons. The number of carbonyl (C=O) groups excluding carboxylic acids is 1. The van der Waals surface area contributed by atoms with Gasteiger partial charge in [-0.2, -0.15) is 11.8 Å². The van der Waals surface area contributed by atoms with Crippen molar-refractivity contribution in [3.63, 3.8) is 0 Å². The van der Waals surface area contributed by atoms with Crippen molar-refractivity contribution in [2.75, 3.05) is 25.4 Å². The van der Waals surface area contributed by atoms with Crippen LogP contribution >= 0.6 is 11.8 Å². The van der Waals surface area contributed by atoms with Gasteiger partial charge >= 0.3 is 0 Å². The molecule has 2 aliphatic heterocycles. The van der Waals surface area contributed by atoms with Crippen LogP contribution in [0.3, 0.4) is 0 Å². The maximum atomic E-state index is 12.1. The molecule has 0 aromatic carbocycles. The molecule has 2 atom stereocenters. The molecule has 1 amide bonds. The van der Waals surface area contributed by atoms with Crippen molar-refractivity contribution in [1.29, 1.82) is 0 Å². The van der Waals surface area contributed by atoms with Crippen molar-refractivity contribution in [1.82, 2.24) is 10.6 Å². The summed E-state index contributed by atoms with van der Waals surface area (Å²) in [5.74, 6) is 1.47. The molecule has 0 aromatic heterocycles. The van der Waals surface area contributed by atoms with E-state index in [2.05, 4.69) is 24.5 Å². The van der Waals surface area contributed by atoms with E-state index in [1.807, 2.05) is 11.8 Å². The van der Waals surface area contributed by atoms with Gasteiger partial charge < -0.3 is 10.6 Å². The van der Waals surface area contributed by atoms with Gasteiger partial charge in [-0.25, -0.2) is 0 Å². The number of hydrogen-bond acceptors (Lipinski definition) is 3. The molecule has 0 bridgehead atoms. The third kappa shape index (κ3) is 2.54. The quantitative estimate of drug-likeness (QED) is 0.786. The Morgan fingerprint density at radius 3 is 2.81 bits per heavy atom. The Morgan fingerprint density at radius 1 is 1.44 bits per heavy atom. The second-order valence-corrected chi connectivity index (χ2v) is 7.25. The summed E-state index contributed by atoms with van der Waals surface area (Å²) in [5, 5.41) is 6.41. The molecular formula is C12H22N2OS. The molecule has 0 aromatic rings. The van der Waals surface area contributed by atoms with E-state index in [0.29, 0.717) is 0 Å². The maximum Gasteiger partial charge on any atom is 0.227 e. The molecule has 4 heteroatoms. The molecule has 16 heavy (non-hydrogen) atoms. The van der Waals surface area contributed by atoms with E-state index in [1.54, 1.807) is 0 Å². The zero-order chi connectivity index (χ0) is 11.6. The first kappa shape index (κ1) is 12.2. The largest absolute Gasteiger partial charge is 0.354 e. The smallest absolute Gasteiger partial charge is 0.227 e. The highest BCUT2D eigenvalue weighted by atomic mass is 32.2. The Balaban J connectivity index is 1.83. The van der Waals surface area contributed by atoms with Crippen LogP contribution in [0.25, 0.3) is 0 Å². The summed E-state index contributed by atoms with van der Waals surface area (Å²) >= 11 is 2.00. The molecule has 2 heterocycles. The Kier molecular flexibility index (Phi) is 3.50. The highest BCUT2D eigenvalue weighted by molar-refractivity contribution is 8.00. The molecule has 2 N–H and O–H groups in total. The van der Waals surface area contributed by atoms with Crippen molar-refractivity contribution in [2.45, 2.75) is 37.9 Å². The van der Waals surface area contributed by atoms with Crippen LogP contribution in [-0.4, -0.2) is 36.0 Å². The number of thioether (sulfide) groups is 1. The molecule has 2 unspecified atom stereocenters. The molecule has 2 saturated heterocycles. The Morgan fingerprint density at radius 2 is 2.25 bits per heavy atom. The minimum atomic E-state index is -0.181. The molecule has 92 valence electrons. The molecule has 0 aliphatic carbocycles. The first-order chi connectivity index (χ1) is 7.54.